The second kappa shape index (κ2) is 11.8. The Kier molecular flexibility index (Phi) is 8.77. The Morgan fingerprint density at radius 1 is 1.14 bits per heavy atom. The van der Waals surface area contributed by atoms with Crippen LogP contribution in [-0.2, 0) is 11.3 Å². The van der Waals surface area contributed by atoms with Gasteiger partial charge in [0.05, 0.1) is 17.4 Å². The van der Waals surface area contributed by atoms with Crippen molar-refractivity contribution in [3.8, 4) is 22.6 Å². The third-order valence-corrected chi connectivity index (χ3v) is 5.89. The number of phenols is 1. The first-order chi connectivity index (χ1) is 16.7. The average Bonchev–Trinajstić information content (AvgIpc) is 2.83. The van der Waals surface area contributed by atoms with Gasteiger partial charge in [0, 0.05) is 25.7 Å². The molecule has 186 valence electrons. The van der Waals surface area contributed by atoms with Crippen LogP contribution in [0.2, 0.25) is 0 Å². The van der Waals surface area contributed by atoms with Crippen LogP contribution < -0.4 is 14.4 Å². The molecule has 0 aliphatic carbocycles. The van der Waals surface area contributed by atoms with Crippen LogP contribution in [0.15, 0.2) is 60.7 Å². The number of aliphatic hydroxyl groups is 1. The number of carboxylic acid groups (broad SMARTS) is 1. The van der Waals surface area contributed by atoms with Crippen molar-refractivity contribution in [3.63, 3.8) is 0 Å². The summed E-state index contributed by atoms with van der Waals surface area (Å²) in [7, 11) is 1.34. The maximum absolute atomic E-state index is 14.2. The van der Waals surface area contributed by atoms with E-state index in [0.717, 1.165) is 10.4 Å². The van der Waals surface area contributed by atoms with Gasteiger partial charge in [0.2, 0.25) is 0 Å². The van der Waals surface area contributed by atoms with Crippen molar-refractivity contribution in [2.45, 2.75) is 6.10 Å². The molecular formula is C24H25FN2O7S. The molecule has 0 aromatic heterocycles. The van der Waals surface area contributed by atoms with Crippen LogP contribution in [0, 0.1) is 5.82 Å². The standard InChI is InChI=1S/C24H25FN2O7S/c1-27(35(32)33)21-13-16(5-9-22(21)28)23(29)14-26-10-11-34-18-6-2-15(3-7-18)19-8-4-17(24(30)31)12-20(19)25/h2-9,12-13,23,26,28-29H,10-11,14H2,1H3,(H,30,31)(H,32,33). The van der Waals surface area contributed by atoms with E-state index in [4.69, 9.17) is 9.84 Å². The van der Waals surface area contributed by atoms with E-state index < -0.39 is 29.2 Å². The topological polar surface area (TPSA) is 140 Å². The van der Waals surface area contributed by atoms with Crippen molar-refractivity contribution in [1.29, 1.82) is 0 Å². The molecule has 0 spiro atoms. The summed E-state index contributed by atoms with van der Waals surface area (Å²) < 4.78 is 41.3. The van der Waals surface area contributed by atoms with Gasteiger partial charge in [-0.2, -0.15) is 0 Å². The number of phenolic OH excluding ortho intramolecular Hbond substituents is 1. The molecule has 0 heterocycles. The van der Waals surface area contributed by atoms with Crippen molar-refractivity contribution in [2.75, 3.05) is 31.0 Å². The highest BCUT2D eigenvalue weighted by Crippen LogP contribution is 2.30. The normalized spacial score (nSPS) is 12.7. The molecule has 0 bridgehead atoms. The first-order valence-electron chi connectivity index (χ1n) is 10.5. The number of nitrogens with one attached hydrogen (secondary N) is 1. The van der Waals surface area contributed by atoms with E-state index in [1.165, 1.54) is 37.4 Å². The molecule has 0 saturated heterocycles. The van der Waals surface area contributed by atoms with Crippen molar-refractivity contribution in [3.05, 3.63) is 77.6 Å². The molecule has 5 N–H and O–H groups in total. The van der Waals surface area contributed by atoms with Crippen molar-refractivity contribution < 1.29 is 38.0 Å². The Bertz CT molecular complexity index is 1210. The zero-order valence-corrected chi connectivity index (χ0v) is 19.5. The molecule has 11 heteroatoms. The van der Waals surface area contributed by atoms with Crippen LogP contribution in [0.3, 0.4) is 0 Å². The number of benzene rings is 3. The molecule has 9 nitrogen and oxygen atoms in total. The molecule has 0 aliphatic heterocycles. The molecule has 2 atom stereocenters. The summed E-state index contributed by atoms with van der Waals surface area (Å²) >= 11 is -2.32. The highest BCUT2D eigenvalue weighted by molar-refractivity contribution is 7.80. The molecule has 3 rings (SSSR count). The SMILES string of the molecule is CN(c1cc(C(O)CNCCOc2ccc(-c3ccc(C(=O)O)cc3F)cc2)ccc1O)S(=O)O. The van der Waals surface area contributed by atoms with Gasteiger partial charge in [-0.3, -0.25) is 8.86 Å². The molecule has 0 aliphatic rings. The van der Waals surface area contributed by atoms with E-state index in [9.17, 15) is 28.2 Å². The maximum atomic E-state index is 14.2. The van der Waals surface area contributed by atoms with Crippen LogP contribution in [0.5, 0.6) is 11.5 Å². The number of aromatic hydroxyl groups is 1. The number of hydrogen-bond acceptors (Lipinski definition) is 6. The van der Waals surface area contributed by atoms with Crippen LogP contribution in [0.1, 0.15) is 22.0 Å². The summed E-state index contributed by atoms with van der Waals surface area (Å²) in [5.74, 6) is -1.45. The van der Waals surface area contributed by atoms with Crippen LogP contribution in [0.4, 0.5) is 10.1 Å². The minimum Gasteiger partial charge on any atom is -0.506 e. The lowest BCUT2D eigenvalue weighted by Gasteiger charge is -2.18. The highest BCUT2D eigenvalue weighted by atomic mass is 32.2. The summed E-state index contributed by atoms with van der Waals surface area (Å²) in [6.07, 6.45) is -0.920. The molecule has 0 radical (unpaired) electrons. The Morgan fingerprint density at radius 3 is 2.49 bits per heavy atom. The number of anilines is 1. The Balaban J connectivity index is 1.48. The fraction of sp³-hybridized carbons (Fsp3) is 0.208. The number of carbonyl (C=O) groups is 1. The van der Waals surface area contributed by atoms with Crippen LogP contribution in [0.25, 0.3) is 11.1 Å². The third-order valence-electron chi connectivity index (χ3n) is 5.22. The molecule has 0 saturated carbocycles. The second-order valence-corrected chi connectivity index (χ2v) is 8.58. The van der Waals surface area contributed by atoms with E-state index in [-0.39, 0.29) is 29.1 Å². The molecule has 0 amide bonds. The molecule has 3 aromatic carbocycles. The van der Waals surface area contributed by atoms with Crippen LogP contribution >= 0.6 is 0 Å². The Morgan fingerprint density at radius 2 is 1.86 bits per heavy atom. The number of carboxylic acids is 1. The van der Waals surface area contributed by atoms with E-state index in [0.29, 0.717) is 30.0 Å². The Hall–Kier alpha value is -3.51. The quantitative estimate of drug-likeness (QED) is 0.198. The van der Waals surface area contributed by atoms with Crippen molar-refractivity contribution in [2.24, 2.45) is 0 Å². The summed E-state index contributed by atoms with van der Waals surface area (Å²) in [5, 5.41) is 32.2. The first-order valence-corrected chi connectivity index (χ1v) is 11.6. The van der Waals surface area contributed by atoms with Gasteiger partial charge < -0.3 is 25.4 Å². The number of aromatic carboxylic acids is 1. The Labute approximate surface area is 203 Å². The van der Waals surface area contributed by atoms with Crippen LogP contribution in [-0.4, -0.2) is 56.8 Å². The summed E-state index contributed by atoms with van der Waals surface area (Å²) in [6, 6.07) is 14.7. The van der Waals surface area contributed by atoms with E-state index >= 15 is 0 Å². The van der Waals surface area contributed by atoms with E-state index in [1.54, 1.807) is 24.3 Å². The third kappa shape index (κ3) is 6.76. The fourth-order valence-electron chi connectivity index (χ4n) is 3.29. The summed E-state index contributed by atoms with van der Waals surface area (Å²) in [4.78, 5) is 10.9. The highest BCUT2D eigenvalue weighted by Gasteiger charge is 2.15. The van der Waals surface area contributed by atoms with Gasteiger partial charge in [0.25, 0.3) is 11.3 Å². The molecule has 2 unspecified atom stereocenters. The van der Waals surface area contributed by atoms with E-state index in [2.05, 4.69) is 5.32 Å². The minimum absolute atomic E-state index is 0.117. The molecular weight excluding hydrogens is 479 g/mol. The monoisotopic (exact) mass is 504 g/mol. The lowest BCUT2D eigenvalue weighted by atomic mass is 10.0. The number of rotatable bonds is 11. The predicted octanol–water partition coefficient (Wildman–Crippen LogP) is 3.17. The zero-order valence-electron chi connectivity index (χ0n) is 18.7. The lowest BCUT2D eigenvalue weighted by Crippen LogP contribution is -2.26. The fourth-order valence-corrected chi connectivity index (χ4v) is 3.61. The summed E-state index contributed by atoms with van der Waals surface area (Å²) in [5.41, 5.74) is 1.32. The first kappa shape index (κ1) is 26.1. The van der Waals surface area contributed by atoms with Gasteiger partial charge >= 0.3 is 5.97 Å². The zero-order chi connectivity index (χ0) is 25.5. The average molecular weight is 505 g/mol. The van der Waals surface area contributed by atoms with Gasteiger partial charge in [-0.25, -0.2) is 13.4 Å². The number of aliphatic hydroxyl groups excluding tert-OH is 1. The minimum atomic E-state index is -2.32. The largest absolute Gasteiger partial charge is 0.506 e. The number of nitrogens with zero attached hydrogens (tertiary/aromatic N) is 1. The summed E-state index contributed by atoms with van der Waals surface area (Å²) in [6.45, 7) is 0.889. The van der Waals surface area contributed by atoms with E-state index in [1.807, 2.05) is 0 Å². The van der Waals surface area contributed by atoms with Gasteiger partial charge in [-0.15, -0.1) is 0 Å². The van der Waals surface area contributed by atoms with Gasteiger partial charge in [0.1, 0.15) is 23.9 Å². The number of hydrogen-bond donors (Lipinski definition) is 5. The van der Waals surface area contributed by atoms with Crippen molar-refractivity contribution in [1.82, 2.24) is 5.32 Å². The second-order valence-electron chi connectivity index (χ2n) is 7.57. The maximum Gasteiger partial charge on any atom is 0.335 e. The molecule has 0 fully saturated rings. The van der Waals surface area contributed by atoms with Gasteiger partial charge in [-0.05, 0) is 47.5 Å². The molecule has 35 heavy (non-hydrogen) atoms. The number of ether oxygens (including phenoxy) is 1. The van der Waals surface area contributed by atoms with Gasteiger partial charge in [0.15, 0.2) is 0 Å². The van der Waals surface area contributed by atoms with Crippen molar-refractivity contribution >= 4 is 22.9 Å². The van der Waals surface area contributed by atoms with Gasteiger partial charge in [-0.1, -0.05) is 24.3 Å². The molecule has 3 aromatic rings. The smallest absolute Gasteiger partial charge is 0.335 e. The lowest BCUT2D eigenvalue weighted by molar-refractivity contribution is 0.0696. The number of halogens is 1. The predicted molar refractivity (Wildman–Crippen MR) is 129 cm³/mol.